The number of aromatic nitrogens is 1. The van der Waals surface area contributed by atoms with Gasteiger partial charge >= 0.3 is 18.0 Å². The minimum atomic E-state index is -6.34. The number of amides is 1. The van der Waals surface area contributed by atoms with Crippen LogP contribution in [0.25, 0.3) is 0 Å². The molecule has 230 valence electrons. The summed E-state index contributed by atoms with van der Waals surface area (Å²) < 4.78 is 136. The molecule has 0 saturated heterocycles. The van der Waals surface area contributed by atoms with E-state index in [2.05, 4.69) is 10.3 Å². The predicted molar refractivity (Wildman–Crippen MR) is 138 cm³/mol. The third kappa shape index (κ3) is 4.96. The number of aryl methyl sites for hydroxylation is 1. The standard InChI is InChI=1S/C29H24F8N2O3S/c30-20-3-5-21(6-4-20)43(41,42)26-12-9-24(39-25(40)15-17-10-13-38-14-11-17)23(26)7-1-18-16-19(2-8-22(18)26)27(31,28(32,33)34)29(35,36)37/h2-6,8,10-11,13-14,16,23-24H,1,7,9,12,15H2,(H,39,40)/t23-,24+,26+/m1/s1. The van der Waals surface area contributed by atoms with Crippen LogP contribution in [0.5, 0.6) is 0 Å². The molecule has 5 nitrogen and oxygen atoms in total. The lowest BCUT2D eigenvalue weighted by Gasteiger charge is -2.43. The maximum atomic E-state index is 14.9. The number of nitrogens with one attached hydrogen (secondary N) is 1. The number of hydrogen-bond donors (Lipinski definition) is 1. The molecule has 2 aromatic carbocycles. The van der Waals surface area contributed by atoms with Gasteiger partial charge in [-0.05, 0) is 78.8 Å². The number of fused-ring (bicyclic) bond motifs is 3. The Labute approximate surface area is 241 Å². The van der Waals surface area contributed by atoms with Crippen molar-refractivity contribution < 1.29 is 48.3 Å². The third-order valence-corrected chi connectivity index (χ3v) is 11.0. The molecule has 1 N–H and O–H groups in total. The van der Waals surface area contributed by atoms with Gasteiger partial charge in [0.2, 0.25) is 5.91 Å². The highest BCUT2D eigenvalue weighted by molar-refractivity contribution is 7.92. The first-order valence-corrected chi connectivity index (χ1v) is 14.7. The molecule has 2 aliphatic carbocycles. The highest BCUT2D eigenvalue weighted by Crippen LogP contribution is 2.59. The fourth-order valence-corrected chi connectivity index (χ4v) is 8.97. The molecule has 0 bridgehead atoms. The van der Waals surface area contributed by atoms with E-state index in [0.29, 0.717) is 17.7 Å². The van der Waals surface area contributed by atoms with Crippen LogP contribution in [0.4, 0.5) is 35.1 Å². The second-order valence-corrected chi connectivity index (χ2v) is 13.0. The van der Waals surface area contributed by atoms with Gasteiger partial charge in [0.15, 0.2) is 9.84 Å². The number of halogens is 8. The number of carbonyl (C=O) groups excluding carboxylic acids is 1. The first-order valence-electron chi connectivity index (χ1n) is 13.2. The molecule has 14 heteroatoms. The van der Waals surface area contributed by atoms with Gasteiger partial charge in [0.1, 0.15) is 10.6 Å². The van der Waals surface area contributed by atoms with Gasteiger partial charge in [0.25, 0.3) is 0 Å². The number of hydrogen-bond acceptors (Lipinski definition) is 4. The van der Waals surface area contributed by atoms with E-state index in [0.717, 1.165) is 30.3 Å². The summed E-state index contributed by atoms with van der Waals surface area (Å²) in [5.74, 6) is -2.00. The highest BCUT2D eigenvalue weighted by Gasteiger charge is 2.73. The van der Waals surface area contributed by atoms with E-state index in [9.17, 15) is 48.3 Å². The zero-order valence-corrected chi connectivity index (χ0v) is 23.0. The Balaban J connectivity index is 1.61. The van der Waals surface area contributed by atoms with Crippen molar-refractivity contribution in [2.75, 3.05) is 0 Å². The van der Waals surface area contributed by atoms with E-state index in [1.807, 2.05) is 0 Å². The molecule has 0 radical (unpaired) electrons. The van der Waals surface area contributed by atoms with Crippen LogP contribution in [0.15, 0.2) is 71.9 Å². The molecule has 0 aliphatic heterocycles. The van der Waals surface area contributed by atoms with E-state index in [1.165, 1.54) is 12.4 Å². The Bertz CT molecular complexity index is 1610. The third-order valence-electron chi connectivity index (χ3n) is 8.44. The van der Waals surface area contributed by atoms with E-state index in [-0.39, 0.29) is 48.1 Å². The summed E-state index contributed by atoms with van der Waals surface area (Å²) in [6, 6.07) is 7.97. The van der Waals surface area contributed by atoms with E-state index in [4.69, 9.17) is 0 Å². The largest absolute Gasteiger partial charge is 0.435 e. The Morgan fingerprint density at radius 3 is 2.14 bits per heavy atom. The van der Waals surface area contributed by atoms with Crippen LogP contribution in [0, 0.1) is 11.7 Å². The summed E-state index contributed by atoms with van der Waals surface area (Å²) in [6.07, 6.45) is -9.99. The number of benzene rings is 2. The molecule has 1 fully saturated rings. The lowest BCUT2D eigenvalue weighted by Crippen LogP contribution is -2.51. The van der Waals surface area contributed by atoms with Gasteiger partial charge in [-0.15, -0.1) is 0 Å². The number of carbonyl (C=O) groups is 1. The van der Waals surface area contributed by atoms with Crippen molar-refractivity contribution in [3.8, 4) is 0 Å². The van der Waals surface area contributed by atoms with Crippen molar-refractivity contribution in [3.05, 3.63) is 95.1 Å². The molecule has 43 heavy (non-hydrogen) atoms. The fraction of sp³-hybridized carbons (Fsp3) is 0.379. The normalized spacial score (nSPS) is 22.5. The van der Waals surface area contributed by atoms with E-state index in [1.54, 1.807) is 12.1 Å². The molecule has 2 aliphatic rings. The molecule has 1 heterocycles. The zero-order chi connectivity index (χ0) is 31.4. The maximum absolute atomic E-state index is 14.9. The quantitative estimate of drug-likeness (QED) is 0.257. The van der Waals surface area contributed by atoms with Gasteiger partial charge in [-0.3, -0.25) is 9.78 Å². The zero-order valence-electron chi connectivity index (χ0n) is 22.1. The predicted octanol–water partition coefficient (Wildman–Crippen LogP) is 6.26. The second-order valence-electron chi connectivity index (χ2n) is 10.8. The second kappa shape index (κ2) is 10.6. The number of nitrogens with zero attached hydrogens (tertiary/aromatic N) is 1. The summed E-state index contributed by atoms with van der Waals surface area (Å²) in [6.45, 7) is 0. The van der Waals surface area contributed by atoms with Gasteiger partial charge < -0.3 is 5.32 Å². The first kappa shape index (κ1) is 30.9. The van der Waals surface area contributed by atoms with Crippen LogP contribution in [-0.4, -0.2) is 37.7 Å². The molecule has 0 unspecified atom stereocenters. The maximum Gasteiger partial charge on any atom is 0.435 e. The molecular formula is C29H24F8N2O3S. The monoisotopic (exact) mass is 632 g/mol. The number of alkyl halides is 7. The average molecular weight is 633 g/mol. The molecule has 1 aromatic heterocycles. The number of sulfone groups is 1. The van der Waals surface area contributed by atoms with Crippen LogP contribution in [-0.2, 0) is 37.9 Å². The van der Waals surface area contributed by atoms with Crippen LogP contribution >= 0.6 is 0 Å². The van der Waals surface area contributed by atoms with Gasteiger partial charge in [0.05, 0.1) is 11.3 Å². The summed E-state index contributed by atoms with van der Waals surface area (Å²) in [5, 5.41) is 2.85. The molecule has 1 saturated carbocycles. The molecule has 0 spiro atoms. The SMILES string of the molecule is O=C(Cc1ccncc1)N[C@H]1CC[C@]2(S(=O)(=O)c3ccc(F)cc3)c3ccc(C(F)(C(F)(F)F)C(F)(F)F)cc3CC[C@H]12. The van der Waals surface area contributed by atoms with Crippen molar-refractivity contribution in [2.24, 2.45) is 5.92 Å². The summed E-state index contributed by atoms with van der Waals surface area (Å²) in [7, 11) is -4.49. The fourth-order valence-electron chi connectivity index (χ4n) is 6.50. The van der Waals surface area contributed by atoms with Crippen molar-refractivity contribution in [1.29, 1.82) is 0 Å². The lowest BCUT2D eigenvalue weighted by atomic mass is 9.74. The van der Waals surface area contributed by atoms with Gasteiger partial charge in [-0.2, -0.15) is 26.3 Å². The van der Waals surface area contributed by atoms with Crippen molar-refractivity contribution in [1.82, 2.24) is 10.3 Å². The van der Waals surface area contributed by atoms with Crippen LogP contribution in [0.2, 0.25) is 0 Å². The molecule has 5 rings (SSSR count). The highest BCUT2D eigenvalue weighted by atomic mass is 32.2. The molecule has 3 aromatic rings. The number of rotatable bonds is 6. The van der Waals surface area contributed by atoms with Gasteiger partial charge in [-0.1, -0.05) is 18.2 Å². The summed E-state index contributed by atoms with van der Waals surface area (Å²) in [4.78, 5) is 16.5. The minimum Gasteiger partial charge on any atom is -0.353 e. The summed E-state index contributed by atoms with van der Waals surface area (Å²) >= 11 is 0. The summed E-state index contributed by atoms with van der Waals surface area (Å²) in [5.41, 5.74) is -7.01. The Morgan fingerprint density at radius 1 is 0.907 bits per heavy atom. The lowest BCUT2D eigenvalue weighted by molar-refractivity contribution is -0.348. The van der Waals surface area contributed by atoms with E-state index >= 15 is 0 Å². The van der Waals surface area contributed by atoms with Crippen molar-refractivity contribution in [3.63, 3.8) is 0 Å². The van der Waals surface area contributed by atoms with Gasteiger partial charge in [0, 0.05) is 29.9 Å². The van der Waals surface area contributed by atoms with Crippen molar-refractivity contribution >= 4 is 15.7 Å². The van der Waals surface area contributed by atoms with Crippen LogP contribution in [0.3, 0.4) is 0 Å². The Kier molecular flexibility index (Phi) is 7.59. The minimum absolute atomic E-state index is 0.0448. The first-order chi connectivity index (χ1) is 20.0. The topological polar surface area (TPSA) is 76.1 Å². The molecular weight excluding hydrogens is 608 g/mol. The molecule has 3 atom stereocenters. The van der Waals surface area contributed by atoms with Gasteiger partial charge in [-0.25, -0.2) is 17.2 Å². The Hall–Kier alpha value is -3.55. The average Bonchev–Trinajstić information content (AvgIpc) is 3.31. The Morgan fingerprint density at radius 2 is 1.53 bits per heavy atom. The van der Waals surface area contributed by atoms with Crippen LogP contribution in [0.1, 0.15) is 41.5 Å². The smallest absolute Gasteiger partial charge is 0.353 e. The van der Waals surface area contributed by atoms with Crippen LogP contribution < -0.4 is 5.32 Å². The van der Waals surface area contributed by atoms with Crippen molar-refractivity contribution in [2.45, 2.75) is 65.8 Å². The molecule has 1 amide bonds. The number of pyridine rings is 1. The van der Waals surface area contributed by atoms with E-state index < -0.39 is 61.9 Å².